The van der Waals surface area contributed by atoms with Gasteiger partial charge in [0, 0.05) is 43.1 Å². The Hall–Kier alpha value is -1.98. The third-order valence-electron chi connectivity index (χ3n) is 5.16. The maximum Gasteiger partial charge on any atom is 0.161 e. The van der Waals surface area contributed by atoms with Gasteiger partial charge in [0.15, 0.2) is 5.82 Å². The number of aryl methyl sites for hydroxylation is 1. The second-order valence-corrected chi connectivity index (χ2v) is 6.69. The van der Waals surface area contributed by atoms with Crippen molar-refractivity contribution in [2.24, 2.45) is 5.73 Å². The van der Waals surface area contributed by atoms with Crippen molar-refractivity contribution in [2.45, 2.75) is 37.8 Å². The molecule has 1 aromatic heterocycles. The molecule has 0 radical (unpaired) electrons. The number of aromatic nitrogens is 2. The molecule has 0 amide bonds. The Morgan fingerprint density at radius 2 is 2.00 bits per heavy atom. The van der Waals surface area contributed by atoms with Gasteiger partial charge in [0.2, 0.25) is 0 Å². The van der Waals surface area contributed by atoms with Crippen LogP contribution in [0.5, 0.6) is 0 Å². The monoisotopic (exact) mass is 324 g/mol. The first-order chi connectivity index (χ1) is 11.8. The van der Waals surface area contributed by atoms with E-state index in [0.717, 1.165) is 56.0 Å². The standard InChI is InChI=1S/C19H24N4O/c1-24-17-12-23(11-10-15(17)20)19-14-8-5-9-16(14)21-18(22-19)13-6-3-2-4-7-13/h2-4,6-7,15,17H,5,8-12,20H2,1H3/t15-,17+/m1/s1. The van der Waals surface area contributed by atoms with Crippen LogP contribution in [0.15, 0.2) is 30.3 Å². The van der Waals surface area contributed by atoms with Gasteiger partial charge < -0.3 is 15.4 Å². The molecule has 0 bridgehead atoms. The highest BCUT2D eigenvalue weighted by Gasteiger charge is 2.30. The van der Waals surface area contributed by atoms with Crippen LogP contribution in [-0.4, -0.2) is 42.3 Å². The van der Waals surface area contributed by atoms with Crippen molar-refractivity contribution in [2.75, 3.05) is 25.1 Å². The van der Waals surface area contributed by atoms with E-state index in [1.807, 2.05) is 18.2 Å². The summed E-state index contributed by atoms with van der Waals surface area (Å²) >= 11 is 0. The quantitative estimate of drug-likeness (QED) is 0.937. The van der Waals surface area contributed by atoms with Crippen molar-refractivity contribution in [3.05, 3.63) is 41.6 Å². The third kappa shape index (κ3) is 2.78. The zero-order valence-corrected chi connectivity index (χ0v) is 14.1. The molecule has 5 nitrogen and oxygen atoms in total. The molecule has 2 aliphatic rings. The van der Waals surface area contributed by atoms with E-state index in [-0.39, 0.29) is 12.1 Å². The summed E-state index contributed by atoms with van der Waals surface area (Å²) in [6, 6.07) is 10.3. The van der Waals surface area contributed by atoms with Crippen LogP contribution in [-0.2, 0) is 17.6 Å². The van der Waals surface area contributed by atoms with Crippen molar-refractivity contribution < 1.29 is 4.74 Å². The largest absolute Gasteiger partial charge is 0.378 e. The number of hydrogen-bond donors (Lipinski definition) is 1. The minimum atomic E-state index is 0.0611. The van der Waals surface area contributed by atoms with Crippen molar-refractivity contribution in [3.63, 3.8) is 0 Å². The topological polar surface area (TPSA) is 64.3 Å². The smallest absolute Gasteiger partial charge is 0.161 e. The molecular weight excluding hydrogens is 300 g/mol. The van der Waals surface area contributed by atoms with Crippen molar-refractivity contribution in [1.82, 2.24) is 9.97 Å². The van der Waals surface area contributed by atoms with Crippen LogP contribution in [0.3, 0.4) is 0 Å². The maximum absolute atomic E-state index is 6.18. The molecule has 126 valence electrons. The molecule has 1 fully saturated rings. The van der Waals surface area contributed by atoms with Crippen LogP contribution in [0.2, 0.25) is 0 Å². The number of hydrogen-bond acceptors (Lipinski definition) is 5. The number of piperidine rings is 1. The molecule has 0 spiro atoms. The summed E-state index contributed by atoms with van der Waals surface area (Å²) in [5.74, 6) is 1.92. The number of ether oxygens (including phenoxy) is 1. The number of anilines is 1. The van der Waals surface area contributed by atoms with E-state index >= 15 is 0 Å². The Labute approximate surface area is 142 Å². The molecule has 5 heteroatoms. The fourth-order valence-electron chi connectivity index (χ4n) is 3.77. The number of methoxy groups -OCH3 is 1. The SMILES string of the molecule is CO[C@H]1CN(c2nc(-c3ccccc3)nc3c2CCC3)CC[C@H]1N. The van der Waals surface area contributed by atoms with Crippen molar-refractivity contribution in [1.29, 1.82) is 0 Å². The molecule has 0 unspecified atom stereocenters. The minimum absolute atomic E-state index is 0.0611. The van der Waals surface area contributed by atoms with Gasteiger partial charge in [-0.3, -0.25) is 0 Å². The van der Waals surface area contributed by atoms with Crippen LogP contribution in [0.4, 0.5) is 5.82 Å². The summed E-state index contributed by atoms with van der Waals surface area (Å²) in [4.78, 5) is 12.1. The van der Waals surface area contributed by atoms with Crippen molar-refractivity contribution >= 4 is 5.82 Å². The minimum Gasteiger partial charge on any atom is -0.378 e. The molecule has 2 aromatic rings. The number of benzene rings is 1. The van der Waals surface area contributed by atoms with E-state index in [2.05, 4.69) is 17.0 Å². The van der Waals surface area contributed by atoms with E-state index in [4.69, 9.17) is 20.4 Å². The highest BCUT2D eigenvalue weighted by Crippen LogP contribution is 2.32. The summed E-state index contributed by atoms with van der Waals surface area (Å²) in [5, 5.41) is 0. The normalized spacial score (nSPS) is 23.3. The van der Waals surface area contributed by atoms with E-state index in [1.54, 1.807) is 7.11 Å². The molecule has 2 atom stereocenters. The van der Waals surface area contributed by atoms with Crippen LogP contribution in [0.25, 0.3) is 11.4 Å². The highest BCUT2D eigenvalue weighted by molar-refractivity contribution is 5.61. The van der Waals surface area contributed by atoms with Gasteiger partial charge in [-0.25, -0.2) is 9.97 Å². The number of nitrogens with two attached hydrogens (primary N) is 1. The first kappa shape index (κ1) is 15.5. The van der Waals surface area contributed by atoms with Gasteiger partial charge in [-0.2, -0.15) is 0 Å². The lowest BCUT2D eigenvalue weighted by atomic mass is 10.0. The van der Waals surface area contributed by atoms with Crippen LogP contribution < -0.4 is 10.6 Å². The molecule has 2 N–H and O–H groups in total. The molecule has 4 rings (SSSR count). The molecule has 0 saturated carbocycles. The average molecular weight is 324 g/mol. The average Bonchev–Trinajstić information content (AvgIpc) is 3.11. The fourth-order valence-corrected chi connectivity index (χ4v) is 3.77. The van der Waals surface area contributed by atoms with Gasteiger partial charge in [-0.1, -0.05) is 30.3 Å². The maximum atomic E-state index is 6.18. The van der Waals surface area contributed by atoms with Gasteiger partial charge in [0.25, 0.3) is 0 Å². The van der Waals surface area contributed by atoms with Gasteiger partial charge in [0.05, 0.1) is 6.10 Å². The van der Waals surface area contributed by atoms with E-state index in [0.29, 0.717) is 0 Å². The predicted molar refractivity (Wildman–Crippen MR) is 95.1 cm³/mol. The van der Waals surface area contributed by atoms with Gasteiger partial charge in [0.1, 0.15) is 5.82 Å². The molecule has 24 heavy (non-hydrogen) atoms. The number of nitrogens with zero attached hydrogens (tertiary/aromatic N) is 3. The van der Waals surface area contributed by atoms with Crippen LogP contribution in [0.1, 0.15) is 24.1 Å². The van der Waals surface area contributed by atoms with Crippen molar-refractivity contribution in [3.8, 4) is 11.4 Å². The Morgan fingerprint density at radius 3 is 2.79 bits per heavy atom. The molecule has 1 aliphatic carbocycles. The third-order valence-corrected chi connectivity index (χ3v) is 5.16. The zero-order valence-electron chi connectivity index (χ0n) is 14.1. The summed E-state index contributed by atoms with van der Waals surface area (Å²) in [5.41, 5.74) is 9.78. The highest BCUT2D eigenvalue weighted by atomic mass is 16.5. The first-order valence-electron chi connectivity index (χ1n) is 8.75. The van der Waals surface area contributed by atoms with E-state index in [9.17, 15) is 0 Å². The zero-order chi connectivity index (χ0) is 16.5. The second-order valence-electron chi connectivity index (χ2n) is 6.69. The van der Waals surface area contributed by atoms with Gasteiger partial charge >= 0.3 is 0 Å². The lowest BCUT2D eigenvalue weighted by Crippen LogP contribution is -2.52. The van der Waals surface area contributed by atoms with E-state index in [1.165, 1.54) is 11.3 Å². The Kier molecular flexibility index (Phi) is 4.21. The molecular formula is C19H24N4O. The summed E-state index contributed by atoms with van der Waals surface area (Å²) in [6.07, 6.45) is 4.27. The lowest BCUT2D eigenvalue weighted by molar-refractivity contribution is 0.0727. The van der Waals surface area contributed by atoms with Gasteiger partial charge in [-0.05, 0) is 25.7 Å². The number of fused-ring (bicyclic) bond motifs is 1. The summed E-state index contributed by atoms with van der Waals surface area (Å²) in [6.45, 7) is 1.73. The molecule has 2 heterocycles. The Bertz CT molecular complexity index is 719. The Balaban J connectivity index is 1.73. The summed E-state index contributed by atoms with van der Waals surface area (Å²) < 4.78 is 5.58. The molecule has 1 saturated heterocycles. The molecule has 1 aromatic carbocycles. The van der Waals surface area contributed by atoms with E-state index < -0.39 is 0 Å². The Morgan fingerprint density at radius 1 is 1.17 bits per heavy atom. The second kappa shape index (κ2) is 6.49. The van der Waals surface area contributed by atoms with Crippen LogP contribution in [0, 0.1) is 0 Å². The summed E-state index contributed by atoms with van der Waals surface area (Å²) in [7, 11) is 1.74. The van der Waals surface area contributed by atoms with Crippen LogP contribution >= 0.6 is 0 Å². The number of rotatable bonds is 3. The fraction of sp³-hybridized carbons (Fsp3) is 0.474. The van der Waals surface area contributed by atoms with Gasteiger partial charge in [-0.15, -0.1) is 0 Å². The molecule has 1 aliphatic heterocycles. The predicted octanol–water partition coefficient (Wildman–Crippen LogP) is 2.18. The first-order valence-corrected chi connectivity index (χ1v) is 8.75. The lowest BCUT2D eigenvalue weighted by Gasteiger charge is -2.37.